The van der Waals surface area contributed by atoms with Crippen molar-refractivity contribution < 1.29 is 17.6 Å². The van der Waals surface area contributed by atoms with Gasteiger partial charge in [0.15, 0.2) is 0 Å². The first-order valence-corrected chi connectivity index (χ1v) is 26.4. The zero-order valence-corrected chi connectivity index (χ0v) is 44.3. The van der Waals surface area contributed by atoms with Crippen molar-refractivity contribution >= 4 is 66.4 Å². The Morgan fingerprint density at radius 3 is 0.795 bits per heavy atom. The molecule has 382 valence electrons. The summed E-state index contributed by atoms with van der Waals surface area (Å²) >= 11 is 0. The molecule has 78 heavy (non-hydrogen) atoms. The van der Waals surface area contributed by atoms with E-state index >= 15 is 0 Å². The number of rotatable bonds is 10. The minimum atomic E-state index is -0.319. The molecule has 0 radical (unpaired) electrons. The molecule has 2 nitrogen and oxygen atoms in total. The third-order valence-electron chi connectivity index (χ3n) is 15.1. The van der Waals surface area contributed by atoms with E-state index in [4.69, 9.17) is 0 Å². The summed E-state index contributed by atoms with van der Waals surface area (Å²) in [5.74, 6) is -1.27. The zero-order valence-electron chi connectivity index (χ0n) is 44.3. The quantitative estimate of drug-likeness (QED) is 0.0995. The first-order valence-electron chi connectivity index (χ1n) is 26.4. The molecular formula is C72H56F4N2. The number of halogens is 4. The molecule has 0 aliphatic heterocycles. The summed E-state index contributed by atoms with van der Waals surface area (Å²) in [4.78, 5) is 4.61. The van der Waals surface area contributed by atoms with Gasteiger partial charge in [0.1, 0.15) is 23.3 Å². The van der Waals surface area contributed by atoms with Crippen LogP contribution in [0.3, 0.4) is 0 Å². The van der Waals surface area contributed by atoms with Gasteiger partial charge in [-0.05, 0) is 209 Å². The highest BCUT2D eigenvalue weighted by atomic mass is 19.1. The van der Waals surface area contributed by atoms with Crippen LogP contribution in [0.25, 0.3) is 76.8 Å². The highest BCUT2D eigenvalue weighted by Gasteiger charge is 2.25. The van der Waals surface area contributed by atoms with Crippen molar-refractivity contribution in [2.75, 3.05) is 9.80 Å². The van der Waals surface area contributed by atoms with Crippen LogP contribution in [0.4, 0.5) is 51.7 Å². The van der Waals surface area contributed by atoms with Crippen molar-refractivity contribution in [1.29, 1.82) is 0 Å². The summed E-state index contributed by atoms with van der Waals surface area (Å²) in [7, 11) is 0. The molecule has 0 unspecified atom stereocenters. The summed E-state index contributed by atoms with van der Waals surface area (Å²) in [6.07, 6.45) is 0. The van der Waals surface area contributed by atoms with Gasteiger partial charge in [0.25, 0.3) is 0 Å². The van der Waals surface area contributed by atoms with Crippen LogP contribution < -0.4 is 9.80 Å². The number of nitrogens with zero attached hydrogens (tertiary/aromatic N) is 2. The van der Waals surface area contributed by atoms with Gasteiger partial charge in [-0.25, -0.2) is 17.6 Å². The van der Waals surface area contributed by atoms with Crippen LogP contribution >= 0.6 is 0 Å². The molecule has 0 heterocycles. The van der Waals surface area contributed by atoms with Crippen LogP contribution in [0.5, 0.6) is 0 Å². The van der Waals surface area contributed by atoms with E-state index in [1.165, 1.54) is 59.7 Å². The molecule has 0 aromatic heterocycles. The first kappa shape index (κ1) is 49.9. The second kappa shape index (κ2) is 19.5. The maximum atomic E-state index is 14.5. The van der Waals surface area contributed by atoms with Crippen molar-refractivity contribution in [3.05, 3.63) is 265 Å². The standard InChI is InChI=1S/C72H56F4N2/c1-71(2,3)55-19-31-61(32-20-55)77(63-41-51(45-7-23-57(73)24-8-45)39-52(42-63)46-9-25-58(74)26-10-46)67-37-17-49-16-36-66-68(38-18-50-15-35-65(67)69(49)70(50)66)78(62-33-21-56(22-34-62)72(4,5)6)64-43-53(47-11-27-59(75)28-12-47)40-54(44-64)48-13-29-60(76)30-14-48/h7-44H,1-6H3. The van der Waals surface area contributed by atoms with Gasteiger partial charge in [0.05, 0.1) is 11.4 Å². The van der Waals surface area contributed by atoms with Gasteiger partial charge in [-0.2, -0.15) is 0 Å². The maximum absolute atomic E-state index is 14.5. The number of hydrogen-bond donors (Lipinski definition) is 0. The summed E-state index contributed by atoms with van der Waals surface area (Å²) in [5.41, 5.74) is 14.7. The smallest absolute Gasteiger partial charge is 0.123 e. The predicted octanol–water partition coefficient (Wildman–Crippen LogP) is 21.3. The Labute approximate surface area is 453 Å². The Morgan fingerprint density at radius 1 is 0.256 bits per heavy atom. The Hall–Kier alpha value is -9.00. The fraction of sp³-hybridized carbons (Fsp3) is 0.111. The fourth-order valence-corrected chi connectivity index (χ4v) is 11.0. The molecule has 12 aromatic carbocycles. The van der Waals surface area contributed by atoms with Crippen molar-refractivity contribution in [1.82, 2.24) is 0 Å². The van der Waals surface area contributed by atoms with Gasteiger partial charge < -0.3 is 9.80 Å². The van der Waals surface area contributed by atoms with Crippen LogP contribution in [0.1, 0.15) is 52.7 Å². The lowest BCUT2D eigenvalue weighted by Crippen LogP contribution is -2.14. The lowest BCUT2D eigenvalue weighted by molar-refractivity contribution is 0.590. The van der Waals surface area contributed by atoms with Gasteiger partial charge in [-0.1, -0.05) is 151 Å². The molecule has 0 aliphatic rings. The van der Waals surface area contributed by atoms with E-state index in [9.17, 15) is 17.6 Å². The van der Waals surface area contributed by atoms with Crippen LogP contribution in [-0.2, 0) is 10.8 Å². The van der Waals surface area contributed by atoms with Crippen LogP contribution in [0.2, 0.25) is 0 Å². The minimum absolute atomic E-state index is 0.0837. The SMILES string of the molecule is CC(C)(C)c1ccc(N(c2cc(-c3ccc(F)cc3)cc(-c3ccc(F)cc3)c2)c2ccc3ccc4c(N(c5ccc(C(C)(C)C)cc5)c5cc(-c6ccc(F)cc6)cc(-c6ccc(F)cc6)c5)ccc5ccc2c3c54)cc1. The zero-order chi connectivity index (χ0) is 54.0. The Kier molecular flexibility index (Phi) is 12.5. The predicted molar refractivity (Wildman–Crippen MR) is 318 cm³/mol. The second-order valence-corrected chi connectivity index (χ2v) is 22.4. The van der Waals surface area contributed by atoms with E-state index in [1.54, 1.807) is 48.5 Å². The van der Waals surface area contributed by atoms with E-state index in [1.807, 2.05) is 0 Å². The molecule has 12 aromatic rings. The van der Waals surface area contributed by atoms with E-state index in [2.05, 4.69) is 185 Å². The molecule has 0 saturated heterocycles. The Morgan fingerprint density at radius 2 is 0.526 bits per heavy atom. The fourth-order valence-electron chi connectivity index (χ4n) is 11.0. The van der Waals surface area contributed by atoms with Crippen molar-refractivity contribution in [3.8, 4) is 44.5 Å². The summed E-state index contributed by atoms with van der Waals surface area (Å²) in [5, 5.41) is 6.44. The van der Waals surface area contributed by atoms with Crippen molar-refractivity contribution in [3.63, 3.8) is 0 Å². The average molecular weight is 1030 g/mol. The Bertz CT molecular complexity index is 3750. The lowest BCUT2D eigenvalue weighted by atomic mass is 9.87. The molecule has 0 aliphatic carbocycles. The van der Waals surface area contributed by atoms with Crippen molar-refractivity contribution in [2.24, 2.45) is 0 Å². The van der Waals surface area contributed by atoms with Gasteiger partial charge in [0, 0.05) is 33.5 Å². The van der Waals surface area contributed by atoms with Gasteiger partial charge in [-0.3, -0.25) is 0 Å². The highest BCUT2D eigenvalue weighted by molar-refractivity contribution is 6.28. The molecule has 0 N–H and O–H groups in total. The molecular weight excluding hydrogens is 969 g/mol. The molecule has 0 atom stereocenters. The van der Waals surface area contributed by atoms with Crippen LogP contribution in [0, 0.1) is 23.3 Å². The van der Waals surface area contributed by atoms with Crippen molar-refractivity contribution in [2.45, 2.75) is 52.4 Å². The average Bonchev–Trinajstić information content (AvgIpc) is 3.63. The van der Waals surface area contributed by atoms with Crippen LogP contribution in [0.15, 0.2) is 231 Å². The van der Waals surface area contributed by atoms with E-state index in [0.29, 0.717) is 0 Å². The molecule has 12 rings (SSSR count). The summed E-state index contributed by atoms with van der Waals surface area (Å²) in [6.45, 7) is 13.3. The summed E-state index contributed by atoms with van der Waals surface area (Å²) < 4.78 is 57.9. The lowest BCUT2D eigenvalue weighted by Gasteiger charge is -2.31. The van der Waals surface area contributed by atoms with Gasteiger partial charge in [0.2, 0.25) is 0 Å². The monoisotopic (exact) mass is 1020 g/mol. The molecule has 0 saturated carbocycles. The molecule has 0 amide bonds. The van der Waals surface area contributed by atoms with E-state index in [-0.39, 0.29) is 34.1 Å². The topological polar surface area (TPSA) is 6.48 Å². The molecule has 0 bridgehead atoms. The maximum Gasteiger partial charge on any atom is 0.123 e. The third-order valence-corrected chi connectivity index (χ3v) is 15.1. The van der Waals surface area contributed by atoms with Gasteiger partial charge >= 0.3 is 0 Å². The van der Waals surface area contributed by atoms with E-state index < -0.39 is 0 Å². The molecule has 0 spiro atoms. The first-order chi connectivity index (χ1) is 37.5. The highest BCUT2D eigenvalue weighted by Crippen LogP contribution is 2.50. The van der Waals surface area contributed by atoms with Crippen LogP contribution in [-0.4, -0.2) is 0 Å². The number of benzene rings is 12. The minimum Gasteiger partial charge on any atom is -0.310 e. The molecule has 6 heteroatoms. The largest absolute Gasteiger partial charge is 0.310 e. The Balaban J connectivity index is 1.11. The third kappa shape index (κ3) is 9.53. The number of anilines is 6. The van der Waals surface area contributed by atoms with E-state index in [0.717, 1.165) is 111 Å². The van der Waals surface area contributed by atoms with Gasteiger partial charge in [-0.15, -0.1) is 0 Å². The second-order valence-electron chi connectivity index (χ2n) is 22.4. The normalized spacial score (nSPS) is 12.0. The summed E-state index contributed by atoms with van der Waals surface area (Å²) in [6, 6.07) is 74.2. The molecule has 0 fully saturated rings. The number of hydrogen-bond acceptors (Lipinski definition) is 2.